The number of rotatable bonds is 4. The summed E-state index contributed by atoms with van der Waals surface area (Å²) in [6.45, 7) is 6.18. The molecule has 1 aromatic carbocycles. The molecule has 0 bridgehead atoms. The van der Waals surface area contributed by atoms with E-state index in [2.05, 4.69) is 13.8 Å². The average molecular weight is 225 g/mol. The molecule has 82 valence electrons. The van der Waals surface area contributed by atoms with E-state index in [-0.39, 0.29) is 5.78 Å². The van der Waals surface area contributed by atoms with Gasteiger partial charge >= 0.3 is 0 Å². The highest BCUT2D eigenvalue weighted by atomic mass is 35.5. The smallest absolute Gasteiger partial charge is 0.180 e. The van der Waals surface area contributed by atoms with Crippen molar-refractivity contribution in [2.75, 3.05) is 0 Å². The van der Waals surface area contributed by atoms with Crippen LogP contribution in [0.4, 0.5) is 0 Å². The van der Waals surface area contributed by atoms with Crippen LogP contribution in [0.3, 0.4) is 0 Å². The number of carbonyl (C=O) groups is 1. The van der Waals surface area contributed by atoms with Crippen LogP contribution >= 0.6 is 11.6 Å². The molecule has 0 aliphatic carbocycles. The van der Waals surface area contributed by atoms with Gasteiger partial charge in [0, 0.05) is 5.56 Å². The van der Waals surface area contributed by atoms with Gasteiger partial charge in [-0.3, -0.25) is 4.79 Å². The highest BCUT2D eigenvalue weighted by Gasteiger charge is 2.14. The van der Waals surface area contributed by atoms with Gasteiger partial charge in [-0.2, -0.15) is 0 Å². The number of alkyl halides is 1. The van der Waals surface area contributed by atoms with Crippen molar-refractivity contribution in [2.24, 2.45) is 0 Å². The van der Waals surface area contributed by atoms with Crippen molar-refractivity contribution in [1.82, 2.24) is 0 Å². The largest absolute Gasteiger partial charge is 0.293 e. The summed E-state index contributed by atoms with van der Waals surface area (Å²) in [7, 11) is 0. The molecule has 1 aromatic rings. The lowest BCUT2D eigenvalue weighted by atomic mass is 9.99. The number of carbonyl (C=O) groups excluding carboxylic acids is 1. The number of hydrogen-bond acceptors (Lipinski definition) is 1. The Kier molecular flexibility index (Phi) is 4.34. The Morgan fingerprint density at radius 1 is 1.27 bits per heavy atom. The van der Waals surface area contributed by atoms with Gasteiger partial charge in [0.15, 0.2) is 5.78 Å². The first-order valence-corrected chi connectivity index (χ1v) is 5.78. The van der Waals surface area contributed by atoms with Crippen molar-refractivity contribution < 1.29 is 4.79 Å². The molecule has 0 radical (unpaired) electrons. The fourth-order valence-corrected chi connectivity index (χ4v) is 1.52. The zero-order chi connectivity index (χ0) is 11.4. The van der Waals surface area contributed by atoms with E-state index in [1.54, 1.807) is 0 Å². The summed E-state index contributed by atoms with van der Waals surface area (Å²) in [5.41, 5.74) is 1.95. The maximum absolute atomic E-state index is 11.7. The third-order valence-electron chi connectivity index (χ3n) is 2.50. The second kappa shape index (κ2) is 5.32. The molecular weight excluding hydrogens is 208 g/mol. The van der Waals surface area contributed by atoms with E-state index in [0.29, 0.717) is 17.9 Å². The lowest BCUT2D eigenvalue weighted by Crippen LogP contribution is -2.13. The van der Waals surface area contributed by atoms with Crippen LogP contribution in [0.5, 0.6) is 0 Å². The second-order valence-corrected chi connectivity index (χ2v) is 4.54. The molecule has 0 heterocycles. The van der Waals surface area contributed by atoms with Crippen molar-refractivity contribution in [3.63, 3.8) is 0 Å². The topological polar surface area (TPSA) is 17.1 Å². The average Bonchev–Trinajstić information content (AvgIpc) is 2.27. The Balaban J connectivity index is 2.84. The minimum atomic E-state index is -0.394. The Morgan fingerprint density at radius 2 is 1.80 bits per heavy atom. The Labute approximate surface area is 96.5 Å². The molecule has 0 aromatic heterocycles. The molecule has 0 saturated carbocycles. The zero-order valence-electron chi connectivity index (χ0n) is 9.46. The number of Topliss-reactive ketones (excluding diaryl/α,β-unsaturated/α-hetero) is 1. The summed E-state index contributed by atoms with van der Waals surface area (Å²) < 4.78 is 0. The number of benzene rings is 1. The number of ketones is 1. The molecule has 0 N–H and O–H groups in total. The van der Waals surface area contributed by atoms with E-state index in [9.17, 15) is 4.79 Å². The first-order valence-electron chi connectivity index (χ1n) is 5.34. The van der Waals surface area contributed by atoms with Crippen molar-refractivity contribution in [1.29, 1.82) is 0 Å². The summed E-state index contributed by atoms with van der Waals surface area (Å²) >= 11 is 5.90. The summed E-state index contributed by atoms with van der Waals surface area (Å²) in [6.07, 6.45) is 0.673. The van der Waals surface area contributed by atoms with E-state index < -0.39 is 5.38 Å². The third kappa shape index (κ3) is 3.07. The van der Waals surface area contributed by atoms with Crippen LogP contribution < -0.4 is 0 Å². The Hall–Kier alpha value is -0.820. The third-order valence-corrected chi connectivity index (χ3v) is 3.01. The van der Waals surface area contributed by atoms with Gasteiger partial charge in [0.2, 0.25) is 0 Å². The Morgan fingerprint density at radius 3 is 2.20 bits per heavy atom. The quantitative estimate of drug-likeness (QED) is 0.558. The lowest BCUT2D eigenvalue weighted by Gasteiger charge is -2.08. The second-order valence-electron chi connectivity index (χ2n) is 4.02. The lowest BCUT2D eigenvalue weighted by molar-refractivity contribution is 0.0985. The van der Waals surface area contributed by atoms with Gasteiger partial charge in [-0.1, -0.05) is 45.0 Å². The number of hydrogen-bond donors (Lipinski definition) is 0. The van der Waals surface area contributed by atoms with Crippen LogP contribution in [0.1, 0.15) is 49.0 Å². The monoisotopic (exact) mass is 224 g/mol. The molecular formula is C13H17ClO. The summed E-state index contributed by atoms with van der Waals surface area (Å²) in [6, 6.07) is 7.72. The van der Waals surface area contributed by atoms with Crippen LogP contribution in [-0.4, -0.2) is 11.2 Å². The molecule has 1 nitrogen and oxygen atoms in total. The molecule has 0 saturated heterocycles. The SMILES string of the molecule is CCC(Cl)C(=O)c1ccc(C(C)C)cc1. The molecule has 1 unspecified atom stereocenters. The van der Waals surface area contributed by atoms with E-state index >= 15 is 0 Å². The summed E-state index contributed by atoms with van der Waals surface area (Å²) in [5, 5.41) is -0.394. The summed E-state index contributed by atoms with van der Waals surface area (Å²) in [4.78, 5) is 11.7. The first-order chi connectivity index (χ1) is 7.06. The molecule has 0 fully saturated rings. The van der Waals surface area contributed by atoms with Gasteiger partial charge in [-0.05, 0) is 17.9 Å². The van der Waals surface area contributed by atoms with Gasteiger partial charge in [0.05, 0.1) is 5.38 Å². The number of halogens is 1. The van der Waals surface area contributed by atoms with Gasteiger partial charge in [-0.15, -0.1) is 11.6 Å². The highest BCUT2D eigenvalue weighted by molar-refractivity contribution is 6.33. The van der Waals surface area contributed by atoms with Crippen molar-refractivity contribution in [3.8, 4) is 0 Å². The fraction of sp³-hybridized carbons (Fsp3) is 0.462. The van der Waals surface area contributed by atoms with Gasteiger partial charge < -0.3 is 0 Å². The molecule has 1 rings (SSSR count). The van der Waals surface area contributed by atoms with Crippen molar-refractivity contribution in [2.45, 2.75) is 38.5 Å². The van der Waals surface area contributed by atoms with Gasteiger partial charge in [0.1, 0.15) is 0 Å². The molecule has 15 heavy (non-hydrogen) atoms. The van der Waals surface area contributed by atoms with Crippen LogP contribution in [0, 0.1) is 0 Å². The predicted molar refractivity (Wildman–Crippen MR) is 64.8 cm³/mol. The minimum absolute atomic E-state index is 0.0227. The molecule has 0 aliphatic heterocycles. The normalized spacial score (nSPS) is 12.9. The maximum atomic E-state index is 11.7. The zero-order valence-corrected chi connectivity index (χ0v) is 10.2. The molecule has 0 aliphatic rings. The van der Waals surface area contributed by atoms with Crippen molar-refractivity contribution >= 4 is 17.4 Å². The minimum Gasteiger partial charge on any atom is -0.293 e. The van der Waals surface area contributed by atoms with Crippen LogP contribution in [0.25, 0.3) is 0 Å². The fourth-order valence-electron chi connectivity index (χ4n) is 1.40. The van der Waals surface area contributed by atoms with Crippen molar-refractivity contribution in [3.05, 3.63) is 35.4 Å². The van der Waals surface area contributed by atoms with Crippen LogP contribution in [-0.2, 0) is 0 Å². The molecule has 1 atom stereocenters. The standard InChI is InChI=1S/C13H17ClO/c1-4-12(14)13(15)11-7-5-10(6-8-11)9(2)3/h5-9,12H,4H2,1-3H3. The maximum Gasteiger partial charge on any atom is 0.180 e. The summed E-state index contributed by atoms with van der Waals surface area (Å²) in [5.74, 6) is 0.515. The van der Waals surface area contributed by atoms with Crippen LogP contribution in [0.2, 0.25) is 0 Å². The Bertz CT molecular complexity index is 327. The van der Waals surface area contributed by atoms with Crippen LogP contribution in [0.15, 0.2) is 24.3 Å². The van der Waals surface area contributed by atoms with E-state index in [1.165, 1.54) is 5.56 Å². The first kappa shape index (κ1) is 12.3. The van der Waals surface area contributed by atoms with E-state index in [1.807, 2.05) is 31.2 Å². The molecule has 0 spiro atoms. The van der Waals surface area contributed by atoms with Gasteiger partial charge in [-0.25, -0.2) is 0 Å². The molecule has 0 amide bonds. The molecule has 2 heteroatoms. The van der Waals surface area contributed by atoms with Gasteiger partial charge in [0.25, 0.3) is 0 Å². The van der Waals surface area contributed by atoms with E-state index in [4.69, 9.17) is 11.6 Å². The predicted octanol–water partition coefficient (Wildman–Crippen LogP) is 4.01. The van der Waals surface area contributed by atoms with E-state index in [0.717, 1.165) is 0 Å². The highest BCUT2D eigenvalue weighted by Crippen LogP contribution is 2.17.